The SMILES string of the molecule is FC(F)(F)c1cc(Oc2cc(Cl)ccc2Cl)ccc1CCl. The van der Waals surface area contributed by atoms with Gasteiger partial charge in [-0.15, -0.1) is 11.6 Å². The minimum absolute atomic E-state index is 0.000332. The Kier molecular flexibility index (Phi) is 4.91. The van der Waals surface area contributed by atoms with Crippen molar-refractivity contribution in [1.29, 1.82) is 0 Å². The lowest BCUT2D eigenvalue weighted by molar-refractivity contribution is -0.138. The van der Waals surface area contributed by atoms with E-state index in [9.17, 15) is 13.2 Å². The van der Waals surface area contributed by atoms with E-state index in [-0.39, 0.29) is 28.0 Å². The van der Waals surface area contributed by atoms with Crippen LogP contribution < -0.4 is 4.74 Å². The number of rotatable bonds is 3. The van der Waals surface area contributed by atoms with Crippen molar-refractivity contribution in [2.24, 2.45) is 0 Å². The monoisotopic (exact) mass is 354 g/mol. The summed E-state index contributed by atoms with van der Waals surface area (Å²) in [4.78, 5) is 0. The maximum atomic E-state index is 12.9. The summed E-state index contributed by atoms with van der Waals surface area (Å²) in [6.07, 6.45) is -4.51. The van der Waals surface area contributed by atoms with Crippen molar-refractivity contribution in [2.45, 2.75) is 12.1 Å². The lowest BCUT2D eigenvalue weighted by Crippen LogP contribution is -2.08. The molecule has 0 bridgehead atoms. The molecular weight excluding hydrogens is 348 g/mol. The molecule has 21 heavy (non-hydrogen) atoms. The van der Waals surface area contributed by atoms with Gasteiger partial charge < -0.3 is 4.74 Å². The van der Waals surface area contributed by atoms with Gasteiger partial charge in [0, 0.05) is 17.0 Å². The molecule has 0 aromatic heterocycles. The van der Waals surface area contributed by atoms with E-state index in [0.717, 1.165) is 6.07 Å². The molecule has 0 aliphatic carbocycles. The van der Waals surface area contributed by atoms with Crippen LogP contribution in [0, 0.1) is 0 Å². The second kappa shape index (κ2) is 6.34. The van der Waals surface area contributed by atoms with Gasteiger partial charge in [-0.3, -0.25) is 0 Å². The molecule has 0 atom stereocenters. The normalized spacial score (nSPS) is 11.5. The fourth-order valence-electron chi connectivity index (χ4n) is 1.68. The highest BCUT2D eigenvalue weighted by Crippen LogP contribution is 2.37. The Bertz CT molecular complexity index is 656. The van der Waals surface area contributed by atoms with Crippen molar-refractivity contribution in [1.82, 2.24) is 0 Å². The van der Waals surface area contributed by atoms with Crippen molar-refractivity contribution in [3.05, 3.63) is 57.6 Å². The van der Waals surface area contributed by atoms with E-state index in [1.165, 1.54) is 24.3 Å². The Morgan fingerprint density at radius 3 is 2.33 bits per heavy atom. The van der Waals surface area contributed by atoms with Gasteiger partial charge in [0.2, 0.25) is 0 Å². The first-order valence-corrected chi connectivity index (χ1v) is 6.99. The van der Waals surface area contributed by atoms with Crippen LogP contribution in [0.2, 0.25) is 10.0 Å². The largest absolute Gasteiger partial charge is 0.456 e. The summed E-state index contributed by atoms with van der Waals surface area (Å²) in [5.41, 5.74) is -0.859. The van der Waals surface area contributed by atoms with Crippen molar-refractivity contribution >= 4 is 34.8 Å². The van der Waals surface area contributed by atoms with Crippen LogP contribution in [-0.4, -0.2) is 0 Å². The Labute approximate surface area is 134 Å². The molecule has 0 saturated heterocycles. The summed E-state index contributed by atoms with van der Waals surface area (Å²) < 4.78 is 44.2. The molecule has 0 radical (unpaired) electrons. The Balaban J connectivity index is 2.39. The Morgan fingerprint density at radius 2 is 1.71 bits per heavy atom. The first-order valence-electron chi connectivity index (χ1n) is 5.70. The molecule has 0 N–H and O–H groups in total. The van der Waals surface area contributed by atoms with Gasteiger partial charge in [-0.2, -0.15) is 13.2 Å². The lowest BCUT2D eigenvalue weighted by atomic mass is 10.1. The Morgan fingerprint density at radius 1 is 1.00 bits per heavy atom. The van der Waals surface area contributed by atoms with Crippen molar-refractivity contribution in [2.75, 3.05) is 0 Å². The molecule has 0 fully saturated rings. The molecular formula is C14H8Cl3F3O. The van der Waals surface area contributed by atoms with E-state index in [1.54, 1.807) is 6.07 Å². The summed E-state index contributed by atoms with van der Waals surface area (Å²) in [5.74, 6) is -0.0659. The molecule has 1 nitrogen and oxygen atoms in total. The highest BCUT2D eigenvalue weighted by Gasteiger charge is 2.33. The minimum Gasteiger partial charge on any atom is -0.456 e. The molecule has 2 aromatic rings. The topological polar surface area (TPSA) is 9.23 Å². The van der Waals surface area contributed by atoms with Gasteiger partial charge >= 0.3 is 6.18 Å². The molecule has 0 aliphatic rings. The standard InChI is InChI=1S/C14H8Cl3F3O/c15-7-8-1-3-10(6-11(8)14(18,19)20)21-13-5-9(16)2-4-12(13)17/h1-6H,7H2. The highest BCUT2D eigenvalue weighted by molar-refractivity contribution is 6.34. The third kappa shape index (κ3) is 3.96. The van der Waals surface area contributed by atoms with Crippen molar-refractivity contribution < 1.29 is 17.9 Å². The highest BCUT2D eigenvalue weighted by atomic mass is 35.5. The number of halogens is 6. The molecule has 112 valence electrons. The molecule has 0 unspecified atom stereocenters. The van der Waals surface area contributed by atoms with Crippen molar-refractivity contribution in [3.8, 4) is 11.5 Å². The van der Waals surface area contributed by atoms with Crippen molar-refractivity contribution in [3.63, 3.8) is 0 Å². The van der Waals surface area contributed by atoms with Crippen LogP contribution >= 0.6 is 34.8 Å². The van der Waals surface area contributed by atoms with E-state index in [2.05, 4.69) is 0 Å². The summed E-state index contributed by atoms with van der Waals surface area (Å²) in [5, 5.41) is 0.609. The molecule has 0 aliphatic heterocycles. The van der Waals surface area contributed by atoms with Gasteiger partial charge in [-0.05, 0) is 29.8 Å². The van der Waals surface area contributed by atoms with Crippen LogP contribution in [0.25, 0.3) is 0 Å². The van der Waals surface area contributed by atoms with Crippen LogP contribution in [0.3, 0.4) is 0 Å². The maximum absolute atomic E-state index is 12.9. The fourth-order valence-corrected chi connectivity index (χ4v) is 2.23. The van der Waals surface area contributed by atoms with Gasteiger partial charge in [-0.1, -0.05) is 29.3 Å². The second-order valence-electron chi connectivity index (χ2n) is 4.13. The zero-order chi connectivity index (χ0) is 15.6. The molecule has 0 saturated carbocycles. The zero-order valence-electron chi connectivity index (χ0n) is 10.3. The van der Waals surface area contributed by atoms with E-state index in [4.69, 9.17) is 39.5 Å². The lowest BCUT2D eigenvalue weighted by Gasteiger charge is -2.14. The minimum atomic E-state index is -4.51. The zero-order valence-corrected chi connectivity index (χ0v) is 12.6. The summed E-state index contributed by atoms with van der Waals surface area (Å²) in [6.45, 7) is 0. The van der Waals surface area contributed by atoms with Gasteiger partial charge in [0.05, 0.1) is 10.6 Å². The third-order valence-electron chi connectivity index (χ3n) is 2.65. The van der Waals surface area contributed by atoms with E-state index in [1.807, 2.05) is 0 Å². The number of hydrogen-bond donors (Lipinski definition) is 0. The van der Waals surface area contributed by atoms with E-state index >= 15 is 0 Å². The van der Waals surface area contributed by atoms with Crippen LogP contribution in [0.1, 0.15) is 11.1 Å². The smallest absolute Gasteiger partial charge is 0.416 e. The first kappa shape index (κ1) is 16.3. The number of alkyl halides is 4. The Hall–Kier alpha value is -1.10. The summed E-state index contributed by atoms with van der Waals surface area (Å²) in [6, 6.07) is 8.01. The predicted molar refractivity (Wildman–Crippen MR) is 77.5 cm³/mol. The second-order valence-corrected chi connectivity index (χ2v) is 5.24. The number of ether oxygens (including phenoxy) is 1. The van der Waals surface area contributed by atoms with Gasteiger partial charge in [0.25, 0.3) is 0 Å². The third-order valence-corrected chi connectivity index (χ3v) is 3.49. The number of hydrogen-bond acceptors (Lipinski definition) is 1. The quantitative estimate of drug-likeness (QED) is 0.568. The average Bonchev–Trinajstić information content (AvgIpc) is 2.42. The predicted octanol–water partition coefficient (Wildman–Crippen LogP) is 6.54. The van der Waals surface area contributed by atoms with Crippen LogP contribution in [-0.2, 0) is 12.1 Å². The van der Waals surface area contributed by atoms with Crippen LogP contribution in [0.4, 0.5) is 13.2 Å². The van der Waals surface area contributed by atoms with Gasteiger partial charge in [0.15, 0.2) is 0 Å². The molecule has 2 rings (SSSR count). The van der Waals surface area contributed by atoms with E-state index < -0.39 is 11.7 Å². The molecule has 0 spiro atoms. The van der Waals surface area contributed by atoms with Crippen LogP contribution in [0.5, 0.6) is 11.5 Å². The summed E-state index contributed by atoms with van der Waals surface area (Å²) in [7, 11) is 0. The number of benzene rings is 2. The summed E-state index contributed by atoms with van der Waals surface area (Å²) >= 11 is 17.2. The first-order chi connectivity index (χ1) is 9.81. The van der Waals surface area contributed by atoms with Gasteiger partial charge in [0.1, 0.15) is 11.5 Å². The molecule has 7 heteroatoms. The molecule has 2 aromatic carbocycles. The van der Waals surface area contributed by atoms with Gasteiger partial charge in [-0.25, -0.2) is 0 Å². The van der Waals surface area contributed by atoms with E-state index in [0.29, 0.717) is 5.02 Å². The maximum Gasteiger partial charge on any atom is 0.416 e. The molecule has 0 amide bonds. The average molecular weight is 356 g/mol. The fraction of sp³-hybridized carbons (Fsp3) is 0.143. The molecule has 0 heterocycles. The van der Waals surface area contributed by atoms with Crippen LogP contribution in [0.15, 0.2) is 36.4 Å².